The third kappa shape index (κ3) is 4.03. The maximum atomic E-state index is 12.7. The smallest absolute Gasteiger partial charge is 0.167 e. The number of hydrogen-bond acceptors (Lipinski definition) is 4. The minimum Gasteiger partial charge on any atom is -0.345 e. The van der Waals surface area contributed by atoms with Gasteiger partial charge < -0.3 is 4.98 Å². The Kier molecular flexibility index (Phi) is 5.18. The zero-order valence-corrected chi connectivity index (χ0v) is 14.5. The minimum absolute atomic E-state index is 0.105. The number of thioether (sulfide) groups is 1. The molecule has 1 N–H and O–H groups in total. The third-order valence-electron chi connectivity index (χ3n) is 4.40. The average molecular weight is 329 g/mol. The van der Waals surface area contributed by atoms with Crippen LogP contribution in [-0.2, 0) is 6.54 Å². The Morgan fingerprint density at radius 1 is 1.39 bits per heavy atom. The number of aryl methyl sites for hydroxylation is 1. The molecule has 1 saturated heterocycles. The molecule has 4 nitrogen and oxygen atoms in total. The highest BCUT2D eigenvalue weighted by Gasteiger charge is 2.26. The summed E-state index contributed by atoms with van der Waals surface area (Å²) in [5.74, 6) is 1.33. The van der Waals surface area contributed by atoms with E-state index < -0.39 is 0 Å². The van der Waals surface area contributed by atoms with E-state index in [4.69, 9.17) is 0 Å². The van der Waals surface area contributed by atoms with Gasteiger partial charge in [0.1, 0.15) is 5.82 Å². The van der Waals surface area contributed by atoms with Crippen molar-refractivity contribution in [3.05, 3.63) is 47.5 Å². The van der Waals surface area contributed by atoms with Gasteiger partial charge in [0.25, 0.3) is 0 Å². The van der Waals surface area contributed by atoms with Gasteiger partial charge in [-0.1, -0.05) is 12.1 Å². The fraction of sp³-hybridized carbons (Fsp3) is 0.444. The van der Waals surface area contributed by atoms with Gasteiger partial charge in [-0.3, -0.25) is 9.69 Å². The Bertz CT molecular complexity index is 665. The third-order valence-corrected chi connectivity index (χ3v) is 5.14. The summed E-state index contributed by atoms with van der Waals surface area (Å²) < 4.78 is 0. The number of benzene rings is 1. The van der Waals surface area contributed by atoms with Crippen molar-refractivity contribution < 1.29 is 4.79 Å². The first kappa shape index (κ1) is 16.3. The Balaban J connectivity index is 1.63. The molecule has 0 spiro atoms. The molecule has 0 saturated carbocycles. The Morgan fingerprint density at radius 3 is 2.83 bits per heavy atom. The van der Waals surface area contributed by atoms with Gasteiger partial charge in [0.2, 0.25) is 0 Å². The topological polar surface area (TPSA) is 49.0 Å². The fourth-order valence-electron chi connectivity index (χ4n) is 3.20. The summed E-state index contributed by atoms with van der Waals surface area (Å²) in [4.78, 5) is 23.8. The van der Waals surface area contributed by atoms with E-state index in [2.05, 4.69) is 14.9 Å². The average Bonchev–Trinajstić information content (AvgIpc) is 2.99. The van der Waals surface area contributed by atoms with Crippen LogP contribution in [0.25, 0.3) is 0 Å². The zero-order valence-electron chi connectivity index (χ0n) is 13.7. The number of carbonyl (C=O) groups is 1. The number of nitrogens with one attached hydrogen (secondary N) is 1. The highest BCUT2D eigenvalue weighted by Crippen LogP contribution is 2.23. The molecule has 1 aromatic heterocycles. The molecule has 0 unspecified atom stereocenters. The molecule has 23 heavy (non-hydrogen) atoms. The summed E-state index contributed by atoms with van der Waals surface area (Å²) >= 11 is 1.70. The number of imidazole rings is 1. The zero-order chi connectivity index (χ0) is 16.2. The molecular weight excluding hydrogens is 306 g/mol. The lowest BCUT2D eigenvalue weighted by molar-refractivity contribution is 0.0810. The molecule has 0 bridgehead atoms. The van der Waals surface area contributed by atoms with Crippen LogP contribution in [0.1, 0.15) is 34.7 Å². The summed E-state index contributed by atoms with van der Waals surface area (Å²) in [6.07, 6.45) is 6.00. The van der Waals surface area contributed by atoms with Gasteiger partial charge in [-0.15, -0.1) is 11.8 Å². The normalized spacial score (nSPS) is 19.0. The number of ketones is 1. The number of nitrogens with zero attached hydrogens (tertiary/aromatic N) is 2. The van der Waals surface area contributed by atoms with Gasteiger partial charge in [0.15, 0.2) is 5.78 Å². The van der Waals surface area contributed by atoms with Crippen molar-refractivity contribution in [1.29, 1.82) is 0 Å². The molecule has 1 fully saturated rings. The van der Waals surface area contributed by atoms with E-state index in [-0.39, 0.29) is 11.7 Å². The quantitative estimate of drug-likeness (QED) is 0.673. The van der Waals surface area contributed by atoms with E-state index >= 15 is 0 Å². The van der Waals surface area contributed by atoms with Crippen molar-refractivity contribution in [2.45, 2.75) is 31.2 Å². The fourth-order valence-corrected chi connectivity index (χ4v) is 3.61. The van der Waals surface area contributed by atoms with Crippen molar-refractivity contribution in [1.82, 2.24) is 14.9 Å². The van der Waals surface area contributed by atoms with Crippen LogP contribution < -0.4 is 0 Å². The Hall–Kier alpha value is -1.59. The lowest BCUT2D eigenvalue weighted by Gasteiger charge is -2.31. The number of aromatic amines is 1. The molecular formula is C18H23N3OS. The minimum atomic E-state index is 0.105. The summed E-state index contributed by atoms with van der Waals surface area (Å²) in [5.41, 5.74) is 1.96. The number of likely N-dealkylation sites (tertiary alicyclic amines) is 1. The first-order valence-corrected chi connectivity index (χ1v) is 9.29. The van der Waals surface area contributed by atoms with Gasteiger partial charge in [-0.2, -0.15) is 0 Å². The number of rotatable bonds is 5. The summed E-state index contributed by atoms with van der Waals surface area (Å²) in [6.45, 7) is 4.69. The SMILES string of the molecule is CSc1ccc(C(=O)[C@@H]2CCCN(Cc3cnc(C)[nH]3)C2)cc1. The van der Waals surface area contributed by atoms with E-state index in [1.807, 2.05) is 43.6 Å². The highest BCUT2D eigenvalue weighted by molar-refractivity contribution is 7.98. The van der Waals surface area contributed by atoms with Gasteiger partial charge >= 0.3 is 0 Å². The van der Waals surface area contributed by atoms with E-state index in [9.17, 15) is 4.79 Å². The van der Waals surface area contributed by atoms with Crippen molar-refractivity contribution in [3.63, 3.8) is 0 Å². The molecule has 1 aliphatic rings. The lowest BCUT2D eigenvalue weighted by atomic mass is 9.90. The van der Waals surface area contributed by atoms with Crippen LogP contribution in [0.2, 0.25) is 0 Å². The first-order chi connectivity index (χ1) is 11.2. The second kappa shape index (κ2) is 7.32. The van der Waals surface area contributed by atoms with Crippen LogP contribution in [0.5, 0.6) is 0 Å². The van der Waals surface area contributed by atoms with Crippen molar-refractivity contribution in [2.24, 2.45) is 5.92 Å². The van der Waals surface area contributed by atoms with Gasteiger partial charge in [-0.25, -0.2) is 4.98 Å². The van der Waals surface area contributed by atoms with Crippen LogP contribution >= 0.6 is 11.8 Å². The first-order valence-electron chi connectivity index (χ1n) is 8.07. The van der Waals surface area contributed by atoms with Gasteiger partial charge in [0.05, 0.1) is 0 Å². The van der Waals surface area contributed by atoms with Crippen molar-refractivity contribution in [2.75, 3.05) is 19.3 Å². The second-order valence-electron chi connectivity index (χ2n) is 6.16. The molecule has 0 amide bonds. The predicted octanol–water partition coefficient (Wildman–Crippen LogP) is 3.53. The molecule has 1 aliphatic heterocycles. The van der Waals surface area contributed by atoms with Crippen LogP contribution in [0.15, 0.2) is 35.4 Å². The molecule has 5 heteroatoms. The largest absolute Gasteiger partial charge is 0.345 e. The van der Waals surface area contributed by atoms with Gasteiger partial charge in [0, 0.05) is 41.4 Å². The summed E-state index contributed by atoms with van der Waals surface area (Å²) in [7, 11) is 0. The molecule has 0 radical (unpaired) electrons. The summed E-state index contributed by atoms with van der Waals surface area (Å²) in [6, 6.07) is 7.99. The van der Waals surface area contributed by atoms with Crippen LogP contribution in [0.3, 0.4) is 0 Å². The molecule has 1 aromatic carbocycles. The maximum Gasteiger partial charge on any atom is 0.167 e. The predicted molar refractivity (Wildman–Crippen MR) is 93.9 cm³/mol. The maximum absolute atomic E-state index is 12.7. The van der Waals surface area contributed by atoms with Crippen molar-refractivity contribution >= 4 is 17.5 Å². The van der Waals surface area contributed by atoms with Crippen molar-refractivity contribution in [3.8, 4) is 0 Å². The molecule has 122 valence electrons. The Labute approximate surface area is 141 Å². The van der Waals surface area contributed by atoms with Crippen LogP contribution in [-0.4, -0.2) is 40.0 Å². The number of Topliss-reactive ketones (excluding diaryl/α,β-unsaturated/α-hetero) is 1. The second-order valence-corrected chi connectivity index (χ2v) is 7.04. The molecule has 0 aliphatic carbocycles. The summed E-state index contributed by atoms with van der Waals surface area (Å²) in [5, 5.41) is 0. The van der Waals surface area contributed by atoms with Gasteiger partial charge in [-0.05, 0) is 44.7 Å². The van der Waals surface area contributed by atoms with Crippen LogP contribution in [0.4, 0.5) is 0 Å². The molecule has 3 rings (SSSR count). The number of carbonyl (C=O) groups excluding carboxylic acids is 1. The number of hydrogen-bond donors (Lipinski definition) is 1. The number of H-pyrrole nitrogens is 1. The Morgan fingerprint density at radius 2 is 2.17 bits per heavy atom. The highest BCUT2D eigenvalue weighted by atomic mass is 32.2. The van der Waals surface area contributed by atoms with E-state index in [1.165, 1.54) is 4.90 Å². The molecule has 1 atom stereocenters. The van der Waals surface area contributed by atoms with E-state index in [0.29, 0.717) is 0 Å². The molecule has 2 aromatic rings. The lowest BCUT2D eigenvalue weighted by Crippen LogP contribution is -2.38. The number of aromatic nitrogens is 2. The molecule has 2 heterocycles. The standard InChI is InChI=1S/C18H23N3OS/c1-13-19-10-16(20-13)12-21-9-3-4-15(11-21)18(22)14-5-7-17(23-2)8-6-14/h5-8,10,15H,3-4,9,11-12H2,1-2H3,(H,19,20)/t15-/m1/s1. The number of piperidine rings is 1. The monoisotopic (exact) mass is 329 g/mol. The van der Waals surface area contributed by atoms with E-state index in [0.717, 1.165) is 49.6 Å². The van der Waals surface area contributed by atoms with E-state index in [1.54, 1.807) is 11.8 Å². The van der Waals surface area contributed by atoms with Crippen LogP contribution in [0, 0.1) is 12.8 Å².